The molecule has 3 N–H and O–H groups in total. The molecule has 1 aromatic carbocycles. The molecule has 0 amide bonds. The molecule has 0 aliphatic heterocycles. The number of halogens is 1. The maximum Gasteiger partial charge on any atom is 0.253 e. The number of fused-ring (bicyclic) bond motifs is 1. The van der Waals surface area contributed by atoms with Crippen molar-refractivity contribution in [2.75, 3.05) is 0 Å². The van der Waals surface area contributed by atoms with Crippen molar-refractivity contribution >= 4 is 36.9 Å². The summed E-state index contributed by atoms with van der Waals surface area (Å²) in [5, 5.41) is 5.84. The average molecular weight is 275 g/mol. The quantitative estimate of drug-likeness (QED) is 0.829. The Kier molecular flexibility index (Phi) is 2.13. The highest BCUT2D eigenvalue weighted by Gasteiger charge is 2.10. The molecule has 0 saturated heterocycles. The molecule has 74 valence electrons. The Bertz CT molecular complexity index is 588. The van der Waals surface area contributed by atoms with E-state index in [4.69, 9.17) is 5.14 Å². The molecule has 0 spiro atoms. The van der Waals surface area contributed by atoms with E-state index in [0.29, 0.717) is 0 Å². The van der Waals surface area contributed by atoms with Gasteiger partial charge in [-0.25, -0.2) is 13.6 Å². The van der Waals surface area contributed by atoms with Crippen molar-refractivity contribution in [3.63, 3.8) is 0 Å². The van der Waals surface area contributed by atoms with Gasteiger partial charge < -0.3 is 4.98 Å². The molecule has 0 atom stereocenters. The first-order chi connectivity index (χ1) is 6.47. The summed E-state index contributed by atoms with van der Waals surface area (Å²) in [5.41, 5.74) is 0.739. The van der Waals surface area contributed by atoms with E-state index in [-0.39, 0.29) is 5.03 Å². The Balaban J connectivity index is 2.75. The van der Waals surface area contributed by atoms with Crippen LogP contribution in [0.1, 0.15) is 0 Å². The molecule has 0 fully saturated rings. The molecule has 2 aromatic rings. The summed E-state index contributed by atoms with van der Waals surface area (Å²) >= 11 is 3.29. The molecule has 0 aliphatic carbocycles. The van der Waals surface area contributed by atoms with Crippen LogP contribution in [-0.4, -0.2) is 13.4 Å². The number of hydrogen-bond donors (Lipinski definition) is 2. The number of sulfonamides is 1. The number of rotatable bonds is 1. The molecule has 1 heterocycles. The highest BCUT2D eigenvalue weighted by molar-refractivity contribution is 9.10. The zero-order valence-corrected chi connectivity index (χ0v) is 9.39. The number of nitrogens with one attached hydrogen (secondary N) is 1. The van der Waals surface area contributed by atoms with Gasteiger partial charge in [0.05, 0.1) is 0 Å². The summed E-state index contributed by atoms with van der Waals surface area (Å²) < 4.78 is 22.9. The number of benzene rings is 1. The highest BCUT2D eigenvalue weighted by atomic mass is 79.9. The van der Waals surface area contributed by atoms with E-state index in [2.05, 4.69) is 20.9 Å². The van der Waals surface area contributed by atoms with Crippen LogP contribution in [0, 0.1) is 0 Å². The van der Waals surface area contributed by atoms with Crippen LogP contribution in [-0.2, 0) is 10.0 Å². The van der Waals surface area contributed by atoms with Gasteiger partial charge in [-0.05, 0) is 18.2 Å². The molecule has 0 unspecified atom stereocenters. The standard InChI is InChI=1S/C8H7BrN2O2S/c9-6-2-1-5-3-8(14(10,12)13)11-7(5)4-6/h1-4,11H,(H2,10,12,13). The molecule has 6 heteroatoms. The maximum absolute atomic E-state index is 11.0. The smallest absolute Gasteiger partial charge is 0.253 e. The Morgan fingerprint density at radius 1 is 1.29 bits per heavy atom. The summed E-state index contributed by atoms with van der Waals surface area (Å²) in [6.07, 6.45) is 0. The van der Waals surface area contributed by atoms with Crippen LogP contribution < -0.4 is 5.14 Å². The van der Waals surface area contributed by atoms with Gasteiger partial charge in [-0.1, -0.05) is 22.0 Å². The van der Waals surface area contributed by atoms with E-state index in [9.17, 15) is 8.42 Å². The highest BCUT2D eigenvalue weighted by Crippen LogP contribution is 2.21. The maximum atomic E-state index is 11.0. The Morgan fingerprint density at radius 2 is 2.00 bits per heavy atom. The number of nitrogens with two attached hydrogens (primary N) is 1. The van der Waals surface area contributed by atoms with E-state index in [1.807, 2.05) is 12.1 Å². The van der Waals surface area contributed by atoms with Crippen molar-refractivity contribution in [3.8, 4) is 0 Å². The van der Waals surface area contributed by atoms with Crippen molar-refractivity contribution in [3.05, 3.63) is 28.7 Å². The monoisotopic (exact) mass is 274 g/mol. The number of aromatic nitrogens is 1. The minimum absolute atomic E-state index is 0.0330. The molecule has 2 rings (SSSR count). The lowest BCUT2D eigenvalue weighted by atomic mass is 10.3. The fourth-order valence-electron chi connectivity index (χ4n) is 1.23. The van der Waals surface area contributed by atoms with Crippen LogP contribution in [0.2, 0.25) is 0 Å². The van der Waals surface area contributed by atoms with Gasteiger partial charge in [-0.3, -0.25) is 0 Å². The second-order valence-corrected chi connectivity index (χ2v) is 5.36. The largest absolute Gasteiger partial charge is 0.344 e. The second kappa shape index (κ2) is 3.08. The summed E-state index contributed by atoms with van der Waals surface area (Å²) in [4.78, 5) is 2.73. The van der Waals surface area contributed by atoms with E-state index in [1.54, 1.807) is 6.07 Å². The van der Waals surface area contributed by atoms with Crippen molar-refractivity contribution in [2.24, 2.45) is 5.14 Å². The predicted octanol–water partition coefficient (Wildman–Crippen LogP) is 1.58. The lowest BCUT2D eigenvalue weighted by molar-refractivity contribution is 0.595. The molecular formula is C8H7BrN2O2S. The molecule has 0 bridgehead atoms. The first kappa shape index (κ1) is 9.70. The Labute approximate surface area is 89.3 Å². The minimum Gasteiger partial charge on any atom is -0.344 e. The zero-order valence-electron chi connectivity index (χ0n) is 6.99. The molecule has 14 heavy (non-hydrogen) atoms. The van der Waals surface area contributed by atoms with Gasteiger partial charge >= 0.3 is 0 Å². The van der Waals surface area contributed by atoms with Crippen molar-refractivity contribution in [2.45, 2.75) is 5.03 Å². The zero-order chi connectivity index (χ0) is 10.3. The van der Waals surface area contributed by atoms with Gasteiger partial charge in [0.25, 0.3) is 10.0 Å². The average Bonchev–Trinajstić information content (AvgIpc) is 2.45. The molecule has 0 aliphatic rings. The van der Waals surface area contributed by atoms with Crippen molar-refractivity contribution in [1.82, 2.24) is 4.98 Å². The van der Waals surface area contributed by atoms with Gasteiger partial charge in [0.2, 0.25) is 0 Å². The predicted molar refractivity (Wildman–Crippen MR) is 57.4 cm³/mol. The third-order valence-corrected chi connectivity index (χ3v) is 3.19. The third-order valence-electron chi connectivity index (χ3n) is 1.87. The molecular weight excluding hydrogens is 268 g/mol. The number of hydrogen-bond acceptors (Lipinski definition) is 2. The first-order valence-corrected chi connectivity index (χ1v) is 6.12. The summed E-state index contributed by atoms with van der Waals surface area (Å²) in [5.74, 6) is 0. The third kappa shape index (κ3) is 1.68. The first-order valence-electron chi connectivity index (χ1n) is 3.78. The van der Waals surface area contributed by atoms with Gasteiger partial charge in [0, 0.05) is 15.4 Å². The number of aromatic amines is 1. The van der Waals surface area contributed by atoms with Crippen LogP contribution in [0.5, 0.6) is 0 Å². The van der Waals surface area contributed by atoms with Gasteiger partial charge in [-0.2, -0.15) is 0 Å². The fourth-order valence-corrected chi connectivity index (χ4v) is 2.13. The molecule has 0 radical (unpaired) electrons. The second-order valence-electron chi connectivity index (χ2n) is 2.91. The van der Waals surface area contributed by atoms with Gasteiger partial charge in [0.15, 0.2) is 0 Å². The fraction of sp³-hybridized carbons (Fsp3) is 0. The van der Waals surface area contributed by atoms with Crippen molar-refractivity contribution in [1.29, 1.82) is 0 Å². The summed E-state index contributed by atoms with van der Waals surface area (Å²) in [6, 6.07) is 6.95. The molecule has 1 aromatic heterocycles. The normalized spacial score (nSPS) is 12.1. The van der Waals surface area contributed by atoms with Crippen LogP contribution in [0.3, 0.4) is 0 Å². The van der Waals surface area contributed by atoms with Crippen molar-refractivity contribution < 1.29 is 8.42 Å². The SMILES string of the molecule is NS(=O)(=O)c1cc2ccc(Br)cc2[nH]1. The molecule has 4 nitrogen and oxygen atoms in total. The molecule has 0 saturated carbocycles. The van der Waals surface area contributed by atoms with E-state index >= 15 is 0 Å². The lowest BCUT2D eigenvalue weighted by Gasteiger charge is -1.90. The van der Waals surface area contributed by atoms with Gasteiger partial charge in [0.1, 0.15) is 5.03 Å². The van der Waals surface area contributed by atoms with Crippen LogP contribution in [0.4, 0.5) is 0 Å². The van der Waals surface area contributed by atoms with E-state index < -0.39 is 10.0 Å². The van der Waals surface area contributed by atoms with E-state index in [1.165, 1.54) is 6.07 Å². The topological polar surface area (TPSA) is 76.0 Å². The van der Waals surface area contributed by atoms with Crippen LogP contribution in [0.25, 0.3) is 10.9 Å². The summed E-state index contributed by atoms with van der Waals surface area (Å²) in [6.45, 7) is 0. The van der Waals surface area contributed by atoms with E-state index in [0.717, 1.165) is 15.4 Å². The van der Waals surface area contributed by atoms with Gasteiger partial charge in [-0.15, -0.1) is 0 Å². The lowest BCUT2D eigenvalue weighted by Crippen LogP contribution is -2.12. The Hall–Kier alpha value is -0.850. The number of primary sulfonamides is 1. The van der Waals surface area contributed by atoms with Crippen LogP contribution in [0.15, 0.2) is 33.8 Å². The minimum atomic E-state index is -3.65. The number of H-pyrrole nitrogens is 1. The summed E-state index contributed by atoms with van der Waals surface area (Å²) in [7, 11) is -3.65. The van der Waals surface area contributed by atoms with Crippen LogP contribution >= 0.6 is 15.9 Å². The Morgan fingerprint density at radius 3 is 2.64 bits per heavy atom.